The summed E-state index contributed by atoms with van der Waals surface area (Å²) in [6.07, 6.45) is 9.92. The number of carbonyl (C=O) groups is 1. The van der Waals surface area contributed by atoms with E-state index in [0.29, 0.717) is 24.2 Å². The smallest absolute Gasteiger partial charge is 0.223 e. The molecule has 3 unspecified atom stereocenters. The van der Waals surface area contributed by atoms with Crippen molar-refractivity contribution >= 4 is 30.7 Å². The minimum Gasteiger partial charge on any atom is -0.332 e. The molecule has 0 aromatic carbocycles. The highest BCUT2D eigenvalue weighted by molar-refractivity contribution is 5.85. The van der Waals surface area contributed by atoms with Crippen molar-refractivity contribution in [3.8, 4) is 0 Å². The number of nitrogens with one attached hydrogen (secondary N) is 1. The van der Waals surface area contributed by atoms with E-state index in [1.807, 2.05) is 0 Å². The van der Waals surface area contributed by atoms with Crippen molar-refractivity contribution in [3.05, 3.63) is 11.6 Å². The lowest BCUT2D eigenvalue weighted by Crippen LogP contribution is -2.42. The summed E-state index contributed by atoms with van der Waals surface area (Å²) in [6.45, 7) is 6.34. The normalized spacial score (nSPS) is 25.8. The van der Waals surface area contributed by atoms with E-state index in [2.05, 4.69) is 31.9 Å². The maximum atomic E-state index is 13.2. The van der Waals surface area contributed by atoms with Gasteiger partial charge in [-0.15, -0.1) is 35.0 Å². The molecule has 160 valence electrons. The van der Waals surface area contributed by atoms with Crippen LogP contribution >= 0.6 is 24.8 Å². The second-order valence-electron chi connectivity index (χ2n) is 8.47. The Kier molecular flexibility index (Phi) is 9.03. The molecule has 1 aromatic heterocycles. The predicted octanol–water partition coefficient (Wildman–Crippen LogP) is 3.54. The molecule has 1 amide bonds. The van der Waals surface area contributed by atoms with Gasteiger partial charge in [0.15, 0.2) is 5.82 Å². The van der Waals surface area contributed by atoms with Crippen LogP contribution < -0.4 is 5.32 Å². The first-order valence-corrected chi connectivity index (χ1v) is 10.7. The Balaban J connectivity index is 0.00000140. The van der Waals surface area contributed by atoms with Gasteiger partial charge in [-0.2, -0.15) is 0 Å². The Morgan fingerprint density at radius 3 is 2.71 bits per heavy atom. The highest BCUT2D eigenvalue weighted by Crippen LogP contribution is 2.33. The minimum absolute atomic E-state index is 0. The number of aryl methyl sites for hydroxylation is 1. The monoisotopic (exact) mass is 431 g/mol. The number of carbonyl (C=O) groups excluding carboxylic acids is 1. The first-order valence-electron chi connectivity index (χ1n) is 10.7. The number of halogens is 2. The van der Waals surface area contributed by atoms with Gasteiger partial charge in [0.2, 0.25) is 5.91 Å². The molecular weight excluding hydrogens is 397 g/mol. The summed E-state index contributed by atoms with van der Waals surface area (Å²) >= 11 is 0. The summed E-state index contributed by atoms with van der Waals surface area (Å²) in [4.78, 5) is 15.3. The van der Waals surface area contributed by atoms with Gasteiger partial charge < -0.3 is 14.8 Å². The van der Waals surface area contributed by atoms with E-state index < -0.39 is 0 Å². The van der Waals surface area contributed by atoms with Crippen LogP contribution in [0.4, 0.5) is 0 Å². The largest absolute Gasteiger partial charge is 0.332 e. The molecule has 0 aliphatic carbocycles. The van der Waals surface area contributed by atoms with Crippen molar-refractivity contribution in [1.29, 1.82) is 0 Å². The van der Waals surface area contributed by atoms with E-state index in [1.54, 1.807) is 0 Å². The SMILES string of the molecule is CC(CC(=O)N1CCCCC1c1nnc2n1CCCC2)C1CCCNC1.Cl.Cl. The van der Waals surface area contributed by atoms with Crippen LogP contribution in [0.5, 0.6) is 0 Å². The second-order valence-corrected chi connectivity index (χ2v) is 8.47. The van der Waals surface area contributed by atoms with Crippen molar-refractivity contribution < 1.29 is 4.79 Å². The fourth-order valence-electron chi connectivity index (χ4n) is 5.00. The van der Waals surface area contributed by atoms with Crippen molar-refractivity contribution in [1.82, 2.24) is 25.0 Å². The molecule has 2 fully saturated rings. The van der Waals surface area contributed by atoms with E-state index in [-0.39, 0.29) is 30.9 Å². The number of piperidine rings is 2. The summed E-state index contributed by atoms with van der Waals surface area (Å²) in [5.74, 6) is 3.56. The van der Waals surface area contributed by atoms with Gasteiger partial charge in [0.1, 0.15) is 5.82 Å². The van der Waals surface area contributed by atoms with Crippen LogP contribution in [0.2, 0.25) is 0 Å². The number of hydrogen-bond donors (Lipinski definition) is 1. The van der Waals surface area contributed by atoms with E-state index in [4.69, 9.17) is 0 Å². The van der Waals surface area contributed by atoms with Crippen LogP contribution in [-0.2, 0) is 17.8 Å². The van der Waals surface area contributed by atoms with Crippen molar-refractivity contribution in [2.45, 2.75) is 77.3 Å². The first kappa shape index (κ1) is 23.4. The summed E-state index contributed by atoms with van der Waals surface area (Å²) < 4.78 is 2.30. The molecule has 0 bridgehead atoms. The van der Waals surface area contributed by atoms with Crippen molar-refractivity contribution in [2.75, 3.05) is 19.6 Å². The quantitative estimate of drug-likeness (QED) is 0.791. The van der Waals surface area contributed by atoms with E-state index in [9.17, 15) is 4.79 Å². The zero-order valence-corrected chi connectivity index (χ0v) is 18.6. The summed E-state index contributed by atoms with van der Waals surface area (Å²) in [5.41, 5.74) is 0. The zero-order valence-electron chi connectivity index (χ0n) is 16.9. The Hall–Kier alpha value is -0.850. The highest BCUT2D eigenvalue weighted by atomic mass is 35.5. The van der Waals surface area contributed by atoms with Crippen LogP contribution in [0.3, 0.4) is 0 Å². The molecule has 1 aromatic rings. The van der Waals surface area contributed by atoms with Gasteiger partial charge in [-0.25, -0.2) is 0 Å². The average molecular weight is 432 g/mol. The van der Waals surface area contributed by atoms with Crippen LogP contribution in [-0.4, -0.2) is 45.2 Å². The van der Waals surface area contributed by atoms with Gasteiger partial charge in [-0.05, 0) is 69.9 Å². The highest BCUT2D eigenvalue weighted by Gasteiger charge is 2.34. The second kappa shape index (κ2) is 10.8. The number of fused-ring (bicyclic) bond motifs is 1. The minimum atomic E-state index is 0. The third-order valence-electron chi connectivity index (χ3n) is 6.65. The molecule has 6 nitrogen and oxygen atoms in total. The summed E-state index contributed by atoms with van der Waals surface area (Å²) in [5, 5.41) is 12.4. The molecule has 4 rings (SSSR count). The Bertz CT molecular complexity index is 632. The number of hydrogen-bond acceptors (Lipinski definition) is 4. The van der Waals surface area contributed by atoms with Gasteiger partial charge in [-0.3, -0.25) is 4.79 Å². The fourth-order valence-corrected chi connectivity index (χ4v) is 5.00. The molecule has 4 heterocycles. The third-order valence-corrected chi connectivity index (χ3v) is 6.65. The van der Waals surface area contributed by atoms with Crippen molar-refractivity contribution in [2.24, 2.45) is 11.8 Å². The molecule has 8 heteroatoms. The molecule has 0 spiro atoms. The summed E-state index contributed by atoms with van der Waals surface area (Å²) in [7, 11) is 0. The van der Waals surface area contributed by atoms with Crippen LogP contribution in [0, 0.1) is 11.8 Å². The average Bonchev–Trinajstić information content (AvgIpc) is 3.12. The molecule has 28 heavy (non-hydrogen) atoms. The van der Waals surface area contributed by atoms with Gasteiger partial charge in [0.05, 0.1) is 6.04 Å². The van der Waals surface area contributed by atoms with Crippen LogP contribution in [0.15, 0.2) is 0 Å². The molecule has 3 atom stereocenters. The van der Waals surface area contributed by atoms with Crippen molar-refractivity contribution in [3.63, 3.8) is 0 Å². The number of aromatic nitrogens is 3. The number of rotatable bonds is 4. The Labute approximate surface area is 181 Å². The number of amides is 1. The van der Waals surface area contributed by atoms with E-state index in [1.165, 1.54) is 32.1 Å². The van der Waals surface area contributed by atoms with Crippen LogP contribution in [0.25, 0.3) is 0 Å². The molecule has 0 radical (unpaired) electrons. The van der Waals surface area contributed by atoms with Gasteiger partial charge in [0, 0.05) is 25.9 Å². The lowest BCUT2D eigenvalue weighted by molar-refractivity contribution is -0.136. The van der Waals surface area contributed by atoms with Gasteiger partial charge in [-0.1, -0.05) is 6.92 Å². The summed E-state index contributed by atoms with van der Waals surface area (Å²) in [6, 6.07) is 0.132. The molecule has 3 aliphatic heterocycles. The number of likely N-dealkylation sites (tertiary alicyclic amines) is 1. The lowest BCUT2D eigenvalue weighted by atomic mass is 9.85. The Morgan fingerprint density at radius 1 is 1.11 bits per heavy atom. The standard InChI is InChI=1S/C20H33N5O.2ClH/c1-15(16-7-6-10-21-14-16)13-19(26)24-11-4-2-8-17(24)20-23-22-18-9-3-5-12-25(18)20;;/h15-17,21H,2-14H2,1H3;2*1H. The van der Waals surface area contributed by atoms with E-state index >= 15 is 0 Å². The number of nitrogens with zero attached hydrogens (tertiary/aromatic N) is 4. The molecule has 3 aliphatic rings. The zero-order chi connectivity index (χ0) is 17.9. The molecular formula is C20H35Cl2N5O. The fraction of sp³-hybridized carbons (Fsp3) is 0.850. The first-order chi connectivity index (χ1) is 12.7. The molecule has 1 N–H and O–H groups in total. The molecule has 2 saturated heterocycles. The van der Waals surface area contributed by atoms with Gasteiger partial charge >= 0.3 is 0 Å². The Morgan fingerprint density at radius 2 is 1.93 bits per heavy atom. The maximum absolute atomic E-state index is 13.2. The predicted molar refractivity (Wildman–Crippen MR) is 115 cm³/mol. The van der Waals surface area contributed by atoms with E-state index in [0.717, 1.165) is 57.1 Å². The third kappa shape index (κ3) is 5.00. The van der Waals surface area contributed by atoms with Crippen LogP contribution in [0.1, 0.15) is 76.0 Å². The topological polar surface area (TPSA) is 63.1 Å². The molecule has 0 saturated carbocycles. The lowest BCUT2D eigenvalue weighted by Gasteiger charge is -2.37. The van der Waals surface area contributed by atoms with Gasteiger partial charge in [0.25, 0.3) is 0 Å². The maximum Gasteiger partial charge on any atom is 0.223 e.